The summed E-state index contributed by atoms with van der Waals surface area (Å²) in [6, 6.07) is 78.9. The molecule has 0 bridgehead atoms. The van der Waals surface area contributed by atoms with Crippen LogP contribution < -0.4 is 25.9 Å². The van der Waals surface area contributed by atoms with Gasteiger partial charge in [0.25, 0.3) is 6.71 Å². The third-order valence-electron chi connectivity index (χ3n) is 14.2. The maximum absolute atomic E-state index is 6.97. The Morgan fingerprint density at radius 1 is 0.318 bits per heavy atom. The lowest BCUT2D eigenvalue weighted by molar-refractivity contribution is 0.464. The van der Waals surface area contributed by atoms with E-state index in [4.69, 9.17) is 9.47 Å². The number of rotatable bonds is 4. The van der Waals surface area contributed by atoms with Gasteiger partial charge in [-0.3, -0.25) is 0 Å². The van der Waals surface area contributed by atoms with Crippen molar-refractivity contribution in [3.05, 3.63) is 218 Å². The molecule has 0 amide bonds. The molecule has 0 saturated heterocycles. The van der Waals surface area contributed by atoms with E-state index in [1.807, 2.05) is 6.07 Å². The summed E-state index contributed by atoms with van der Waals surface area (Å²) in [4.78, 5) is 0. The minimum atomic E-state index is -0.0781. The van der Waals surface area contributed by atoms with Gasteiger partial charge in [0, 0.05) is 55.1 Å². The number of fused-ring (bicyclic) bond motifs is 13. The Kier molecular flexibility index (Phi) is 7.24. The molecule has 0 fully saturated rings. The van der Waals surface area contributed by atoms with E-state index >= 15 is 0 Å². The van der Waals surface area contributed by atoms with Crippen LogP contribution >= 0.6 is 0 Å². The first kappa shape index (κ1) is 35.7. The summed E-state index contributed by atoms with van der Waals surface area (Å²) in [6.45, 7) is -0.0781. The molecule has 0 radical (unpaired) electrons. The summed E-state index contributed by atoms with van der Waals surface area (Å²) in [7, 11) is 0. The normalized spacial score (nSPS) is 12.8. The van der Waals surface area contributed by atoms with Crippen LogP contribution in [0.2, 0.25) is 0 Å². The van der Waals surface area contributed by atoms with Crippen molar-refractivity contribution in [1.29, 1.82) is 0 Å². The number of nitrogens with zero attached hydrogens (tertiary/aromatic N) is 3. The molecule has 0 N–H and O–H groups in total. The first-order valence-corrected chi connectivity index (χ1v) is 22.6. The van der Waals surface area contributed by atoms with Crippen LogP contribution in [0.4, 0.5) is 0 Å². The second kappa shape index (κ2) is 13.4. The highest BCUT2D eigenvalue weighted by Crippen LogP contribution is 2.44. The predicted octanol–water partition coefficient (Wildman–Crippen LogP) is 13.4. The maximum atomic E-state index is 6.97. The van der Waals surface area contributed by atoms with Gasteiger partial charge >= 0.3 is 0 Å². The molecule has 2 aliphatic rings. The van der Waals surface area contributed by atoms with Crippen LogP contribution in [-0.2, 0) is 0 Å². The van der Waals surface area contributed by atoms with E-state index in [0.29, 0.717) is 0 Å². The van der Waals surface area contributed by atoms with Crippen LogP contribution in [0.1, 0.15) is 0 Å². The lowest BCUT2D eigenvalue weighted by atomic mass is 9.35. The SMILES string of the molecule is c1cc2c3c(c1)Oc1cc(-n4c5ccccc5c5ccccc54)ccc1B3c1ccc(-c3cccc(-n4c5ccccc5c5ccccc54)c3-n3c4ccccc4c4ccccc43)cc1O2. The van der Waals surface area contributed by atoms with Crippen LogP contribution in [0.5, 0.6) is 23.0 Å². The standard InChI is InChI=1S/C60H36BN3O2/c1-7-22-48-40(15-1)41-16-2-8-23-49(41)62(48)38-32-34-47-58(36-38)66-56-30-14-29-55-59(56)61(47)46-33-31-37(35-57(46)65-55)39-21-13-28-54(63-50-24-9-3-17-42(50)43-18-4-10-25-51(43)63)60(39)64-52-26-11-5-19-44(52)45-20-6-12-27-53(45)64/h1-36H. The van der Waals surface area contributed by atoms with Crippen molar-refractivity contribution in [2.75, 3.05) is 0 Å². The number of benzene rings is 10. The molecule has 5 nitrogen and oxygen atoms in total. The van der Waals surface area contributed by atoms with Crippen LogP contribution in [0, 0.1) is 0 Å². The molecule has 306 valence electrons. The third-order valence-corrected chi connectivity index (χ3v) is 14.2. The molecule has 2 aliphatic heterocycles. The highest BCUT2D eigenvalue weighted by atomic mass is 16.5. The van der Waals surface area contributed by atoms with Crippen molar-refractivity contribution in [1.82, 2.24) is 13.7 Å². The summed E-state index contributed by atoms with van der Waals surface area (Å²) < 4.78 is 21.1. The van der Waals surface area contributed by atoms with Crippen LogP contribution in [0.3, 0.4) is 0 Å². The average molecular weight is 842 g/mol. The fourth-order valence-electron chi connectivity index (χ4n) is 11.4. The zero-order valence-corrected chi connectivity index (χ0v) is 35.5. The quantitative estimate of drug-likeness (QED) is 0.165. The smallest absolute Gasteiger partial charge is 0.260 e. The number of para-hydroxylation sites is 7. The van der Waals surface area contributed by atoms with E-state index in [2.05, 4.69) is 226 Å². The van der Waals surface area contributed by atoms with Crippen LogP contribution in [0.15, 0.2) is 218 Å². The summed E-state index contributed by atoms with van der Waals surface area (Å²) in [5, 5.41) is 7.36. The van der Waals surface area contributed by atoms with Gasteiger partial charge in [-0.25, -0.2) is 0 Å². The second-order valence-electron chi connectivity index (χ2n) is 17.6. The number of ether oxygens (including phenoxy) is 2. The Hall–Kier alpha value is -8.74. The minimum absolute atomic E-state index is 0.0781. The zero-order chi connectivity index (χ0) is 43.0. The van der Waals surface area contributed by atoms with Gasteiger partial charge in [0.15, 0.2) is 0 Å². The molecule has 66 heavy (non-hydrogen) atoms. The van der Waals surface area contributed by atoms with Crippen LogP contribution in [-0.4, -0.2) is 20.4 Å². The Bertz CT molecular complexity index is 4050. The fourth-order valence-corrected chi connectivity index (χ4v) is 11.4. The summed E-state index contributed by atoms with van der Waals surface area (Å²) >= 11 is 0. The van der Waals surface area contributed by atoms with Gasteiger partial charge in [0.05, 0.1) is 44.5 Å². The highest BCUT2D eigenvalue weighted by molar-refractivity contribution is 6.98. The maximum Gasteiger partial charge on any atom is 0.260 e. The molecule has 6 heteroatoms. The van der Waals surface area contributed by atoms with E-state index in [0.717, 1.165) is 78.6 Å². The van der Waals surface area contributed by atoms with E-state index < -0.39 is 0 Å². The molecule has 0 aliphatic carbocycles. The van der Waals surface area contributed by atoms with Gasteiger partial charge in [-0.1, -0.05) is 146 Å². The molecular formula is C60H36BN3O2. The molecule has 10 aromatic carbocycles. The van der Waals surface area contributed by atoms with Crippen LogP contribution in [0.25, 0.3) is 93.6 Å². The lowest BCUT2D eigenvalue weighted by Crippen LogP contribution is -2.57. The Morgan fingerprint density at radius 2 is 0.742 bits per heavy atom. The number of aromatic nitrogens is 3. The van der Waals surface area contributed by atoms with Crippen molar-refractivity contribution in [2.24, 2.45) is 0 Å². The van der Waals surface area contributed by atoms with E-state index in [-0.39, 0.29) is 6.71 Å². The van der Waals surface area contributed by atoms with Crippen molar-refractivity contribution >= 4 is 88.5 Å². The van der Waals surface area contributed by atoms with E-state index in [1.165, 1.54) is 54.4 Å². The summed E-state index contributed by atoms with van der Waals surface area (Å²) in [5.74, 6) is 3.35. The highest BCUT2D eigenvalue weighted by Gasteiger charge is 2.40. The lowest BCUT2D eigenvalue weighted by Gasteiger charge is -2.33. The first-order valence-electron chi connectivity index (χ1n) is 22.6. The largest absolute Gasteiger partial charge is 0.458 e. The van der Waals surface area contributed by atoms with Crippen molar-refractivity contribution in [3.63, 3.8) is 0 Å². The van der Waals surface area contributed by atoms with Crippen molar-refractivity contribution in [3.8, 4) is 51.2 Å². The van der Waals surface area contributed by atoms with Crippen molar-refractivity contribution in [2.45, 2.75) is 0 Å². The van der Waals surface area contributed by atoms with Gasteiger partial charge in [-0.15, -0.1) is 0 Å². The molecule has 5 heterocycles. The Labute approximate surface area is 379 Å². The Balaban J connectivity index is 0.951. The van der Waals surface area contributed by atoms with Gasteiger partial charge in [0.2, 0.25) is 0 Å². The van der Waals surface area contributed by atoms with E-state index in [1.54, 1.807) is 0 Å². The molecule has 0 saturated carbocycles. The Morgan fingerprint density at radius 3 is 1.26 bits per heavy atom. The van der Waals surface area contributed by atoms with Gasteiger partial charge in [-0.2, -0.15) is 0 Å². The second-order valence-corrected chi connectivity index (χ2v) is 17.6. The first-order chi connectivity index (χ1) is 32.8. The number of hydrogen-bond donors (Lipinski definition) is 0. The molecular weight excluding hydrogens is 805 g/mol. The topological polar surface area (TPSA) is 33.2 Å². The predicted molar refractivity (Wildman–Crippen MR) is 273 cm³/mol. The molecule has 3 aromatic heterocycles. The zero-order valence-electron chi connectivity index (χ0n) is 35.5. The van der Waals surface area contributed by atoms with Gasteiger partial charge in [0.1, 0.15) is 23.0 Å². The molecule has 0 spiro atoms. The molecule has 0 unspecified atom stereocenters. The van der Waals surface area contributed by atoms with Gasteiger partial charge in [-0.05, 0) is 83.2 Å². The minimum Gasteiger partial charge on any atom is -0.458 e. The average Bonchev–Trinajstić information content (AvgIpc) is 4.01. The van der Waals surface area contributed by atoms with E-state index in [9.17, 15) is 0 Å². The molecule has 15 rings (SSSR count). The number of hydrogen-bond acceptors (Lipinski definition) is 2. The summed E-state index contributed by atoms with van der Waals surface area (Å²) in [5.41, 5.74) is 15.7. The summed E-state index contributed by atoms with van der Waals surface area (Å²) in [6.07, 6.45) is 0. The molecule has 0 atom stereocenters. The van der Waals surface area contributed by atoms with Crippen molar-refractivity contribution < 1.29 is 9.47 Å². The van der Waals surface area contributed by atoms with Gasteiger partial charge < -0.3 is 23.2 Å². The fraction of sp³-hybridized carbons (Fsp3) is 0. The third kappa shape index (κ3) is 4.85. The molecule has 13 aromatic rings. The monoisotopic (exact) mass is 841 g/mol.